The van der Waals surface area contributed by atoms with Gasteiger partial charge < -0.3 is 10.1 Å². The Morgan fingerprint density at radius 3 is 2.94 bits per heavy atom. The standard InChI is InChI=1S/C14H19NO2/c1-4-15-14(2,3)13(16)11-5-6-12-10(9-11)7-8-17-12/h5-6,9,15H,4,7-8H2,1-3H3. The third kappa shape index (κ3) is 2.34. The summed E-state index contributed by atoms with van der Waals surface area (Å²) in [6, 6.07) is 5.72. The lowest BCUT2D eigenvalue weighted by Gasteiger charge is -2.24. The van der Waals surface area contributed by atoms with Crippen LogP contribution in [-0.4, -0.2) is 24.5 Å². The molecule has 17 heavy (non-hydrogen) atoms. The minimum Gasteiger partial charge on any atom is -0.493 e. The van der Waals surface area contributed by atoms with Gasteiger partial charge >= 0.3 is 0 Å². The molecule has 0 aliphatic carbocycles. The quantitative estimate of drug-likeness (QED) is 0.810. The fourth-order valence-electron chi connectivity index (χ4n) is 2.21. The molecule has 0 fully saturated rings. The average Bonchev–Trinajstić information content (AvgIpc) is 2.74. The van der Waals surface area contributed by atoms with Crippen LogP contribution in [0.2, 0.25) is 0 Å². The van der Waals surface area contributed by atoms with Crippen LogP contribution in [0.25, 0.3) is 0 Å². The van der Waals surface area contributed by atoms with Crippen molar-refractivity contribution in [1.29, 1.82) is 0 Å². The highest BCUT2D eigenvalue weighted by Gasteiger charge is 2.28. The van der Waals surface area contributed by atoms with Gasteiger partial charge in [-0.05, 0) is 44.2 Å². The summed E-state index contributed by atoms with van der Waals surface area (Å²) in [6.07, 6.45) is 0.901. The molecule has 0 saturated carbocycles. The Balaban J connectivity index is 2.26. The van der Waals surface area contributed by atoms with Crippen LogP contribution in [0, 0.1) is 0 Å². The van der Waals surface area contributed by atoms with Crippen LogP contribution < -0.4 is 10.1 Å². The monoisotopic (exact) mass is 233 g/mol. The second-order valence-electron chi connectivity index (χ2n) is 4.91. The van der Waals surface area contributed by atoms with Crippen molar-refractivity contribution in [3.63, 3.8) is 0 Å². The Kier molecular flexibility index (Phi) is 3.20. The summed E-state index contributed by atoms with van der Waals surface area (Å²) in [7, 11) is 0. The molecule has 1 aromatic carbocycles. The second kappa shape index (κ2) is 4.49. The number of hydrogen-bond acceptors (Lipinski definition) is 3. The van der Waals surface area contributed by atoms with Gasteiger partial charge in [-0.2, -0.15) is 0 Å². The first kappa shape index (κ1) is 12.1. The van der Waals surface area contributed by atoms with Gasteiger partial charge in [0.1, 0.15) is 5.75 Å². The van der Waals surface area contributed by atoms with E-state index in [4.69, 9.17) is 4.74 Å². The topological polar surface area (TPSA) is 38.3 Å². The van der Waals surface area contributed by atoms with E-state index < -0.39 is 5.54 Å². The van der Waals surface area contributed by atoms with E-state index in [1.807, 2.05) is 39.0 Å². The van der Waals surface area contributed by atoms with Crippen LogP contribution in [0.15, 0.2) is 18.2 Å². The van der Waals surface area contributed by atoms with Crippen molar-refractivity contribution >= 4 is 5.78 Å². The Morgan fingerprint density at radius 1 is 1.47 bits per heavy atom. The van der Waals surface area contributed by atoms with E-state index in [0.717, 1.165) is 36.4 Å². The van der Waals surface area contributed by atoms with Crippen LogP contribution in [0.4, 0.5) is 0 Å². The van der Waals surface area contributed by atoms with Crippen molar-refractivity contribution < 1.29 is 9.53 Å². The Labute approximate surface area is 102 Å². The van der Waals surface area contributed by atoms with Crippen LogP contribution in [0.5, 0.6) is 5.75 Å². The van der Waals surface area contributed by atoms with E-state index in [1.54, 1.807) is 0 Å². The minimum atomic E-state index is -0.511. The number of fused-ring (bicyclic) bond motifs is 1. The van der Waals surface area contributed by atoms with Gasteiger partial charge in [-0.3, -0.25) is 4.79 Å². The van der Waals surface area contributed by atoms with Gasteiger partial charge in [0, 0.05) is 12.0 Å². The number of carbonyl (C=O) groups is 1. The van der Waals surface area contributed by atoms with Crippen LogP contribution in [-0.2, 0) is 6.42 Å². The normalized spacial score (nSPS) is 14.3. The van der Waals surface area contributed by atoms with E-state index in [9.17, 15) is 4.79 Å². The lowest BCUT2D eigenvalue weighted by atomic mass is 9.92. The SMILES string of the molecule is CCNC(C)(C)C(=O)c1ccc2c(c1)CCO2. The molecule has 1 heterocycles. The summed E-state index contributed by atoms with van der Waals surface area (Å²) < 4.78 is 5.44. The first-order valence-corrected chi connectivity index (χ1v) is 6.10. The van der Waals surface area contributed by atoms with Crippen molar-refractivity contribution in [1.82, 2.24) is 5.32 Å². The first-order chi connectivity index (χ1) is 8.04. The molecule has 0 atom stereocenters. The highest BCUT2D eigenvalue weighted by molar-refractivity contribution is 6.03. The number of rotatable bonds is 4. The highest BCUT2D eigenvalue weighted by Crippen LogP contribution is 2.27. The van der Waals surface area contributed by atoms with Gasteiger partial charge in [-0.15, -0.1) is 0 Å². The third-order valence-electron chi connectivity index (χ3n) is 3.14. The molecule has 0 bridgehead atoms. The summed E-state index contributed by atoms with van der Waals surface area (Å²) in [6.45, 7) is 7.35. The number of ether oxygens (including phenoxy) is 1. The molecule has 0 radical (unpaired) electrons. The van der Waals surface area contributed by atoms with Crippen molar-refractivity contribution in [2.24, 2.45) is 0 Å². The van der Waals surface area contributed by atoms with Gasteiger partial charge in [0.2, 0.25) is 0 Å². The Bertz CT molecular complexity index is 438. The lowest BCUT2D eigenvalue weighted by molar-refractivity contribution is 0.0884. The van der Waals surface area contributed by atoms with Gasteiger partial charge in [-0.1, -0.05) is 6.92 Å². The summed E-state index contributed by atoms with van der Waals surface area (Å²) in [4.78, 5) is 12.4. The van der Waals surface area contributed by atoms with Crippen molar-refractivity contribution in [2.75, 3.05) is 13.2 Å². The first-order valence-electron chi connectivity index (χ1n) is 6.10. The van der Waals surface area contributed by atoms with Gasteiger partial charge in [0.05, 0.1) is 12.1 Å². The molecule has 3 heteroatoms. The van der Waals surface area contributed by atoms with Crippen LogP contribution in [0.1, 0.15) is 36.7 Å². The molecule has 1 aliphatic heterocycles. The van der Waals surface area contributed by atoms with Crippen molar-refractivity contribution in [2.45, 2.75) is 32.7 Å². The molecule has 2 rings (SSSR count). The zero-order chi connectivity index (χ0) is 12.5. The molecule has 0 amide bonds. The van der Waals surface area contributed by atoms with Gasteiger partial charge in [0.25, 0.3) is 0 Å². The Hall–Kier alpha value is -1.35. The molecular formula is C14H19NO2. The molecule has 0 spiro atoms. The smallest absolute Gasteiger partial charge is 0.182 e. The zero-order valence-corrected chi connectivity index (χ0v) is 10.7. The molecule has 92 valence electrons. The fourth-order valence-corrected chi connectivity index (χ4v) is 2.21. The fraction of sp³-hybridized carbons (Fsp3) is 0.500. The molecule has 0 unspecified atom stereocenters. The average molecular weight is 233 g/mol. The molecule has 3 nitrogen and oxygen atoms in total. The molecule has 1 aliphatic rings. The summed E-state index contributed by atoms with van der Waals surface area (Å²) in [5.74, 6) is 1.05. The highest BCUT2D eigenvalue weighted by atomic mass is 16.5. The van der Waals surface area contributed by atoms with E-state index in [1.165, 1.54) is 0 Å². The number of carbonyl (C=O) groups excluding carboxylic acids is 1. The van der Waals surface area contributed by atoms with E-state index in [-0.39, 0.29) is 5.78 Å². The van der Waals surface area contributed by atoms with Crippen LogP contribution in [0.3, 0.4) is 0 Å². The largest absolute Gasteiger partial charge is 0.493 e. The molecule has 0 saturated heterocycles. The van der Waals surface area contributed by atoms with Crippen LogP contribution >= 0.6 is 0 Å². The zero-order valence-electron chi connectivity index (χ0n) is 10.7. The molecule has 1 N–H and O–H groups in total. The maximum Gasteiger partial charge on any atom is 0.182 e. The van der Waals surface area contributed by atoms with E-state index in [2.05, 4.69) is 5.32 Å². The molecule has 1 aromatic rings. The molecular weight excluding hydrogens is 214 g/mol. The maximum absolute atomic E-state index is 12.4. The number of benzene rings is 1. The van der Waals surface area contributed by atoms with E-state index in [0.29, 0.717) is 0 Å². The lowest BCUT2D eigenvalue weighted by Crippen LogP contribution is -2.46. The number of ketones is 1. The number of Topliss-reactive ketones (excluding diaryl/α,β-unsaturated/α-hetero) is 1. The molecule has 0 aromatic heterocycles. The summed E-state index contributed by atoms with van der Waals surface area (Å²) in [5, 5.41) is 3.21. The van der Waals surface area contributed by atoms with E-state index >= 15 is 0 Å². The minimum absolute atomic E-state index is 0.133. The number of nitrogens with one attached hydrogen (secondary N) is 1. The number of hydrogen-bond donors (Lipinski definition) is 1. The van der Waals surface area contributed by atoms with Gasteiger partial charge in [-0.25, -0.2) is 0 Å². The van der Waals surface area contributed by atoms with Crippen molar-refractivity contribution in [3.05, 3.63) is 29.3 Å². The van der Waals surface area contributed by atoms with Crippen molar-refractivity contribution in [3.8, 4) is 5.75 Å². The Morgan fingerprint density at radius 2 is 2.24 bits per heavy atom. The predicted molar refractivity (Wildman–Crippen MR) is 67.7 cm³/mol. The summed E-state index contributed by atoms with van der Waals surface area (Å²) >= 11 is 0. The number of likely N-dealkylation sites (N-methyl/N-ethyl adjacent to an activating group) is 1. The maximum atomic E-state index is 12.4. The second-order valence-corrected chi connectivity index (χ2v) is 4.91. The summed E-state index contributed by atoms with van der Waals surface area (Å²) in [5.41, 5.74) is 1.39. The van der Waals surface area contributed by atoms with Gasteiger partial charge in [0.15, 0.2) is 5.78 Å². The third-order valence-corrected chi connectivity index (χ3v) is 3.14. The predicted octanol–water partition coefficient (Wildman–Crippen LogP) is 2.19.